The van der Waals surface area contributed by atoms with E-state index in [9.17, 15) is 9.59 Å². The third kappa shape index (κ3) is 4.32. The second-order valence-corrected chi connectivity index (χ2v) is 6.19. The summed E-state index contributed by atoms with van der Waals surface area (Å²) in [6, 6.07) is 3.55. The number of hydrogen-bond acceptors (Lipinski definition) is 3. The summed E-state index contributed by atoms with van der Waals surface area (Å²) in [5, 5.41) is 6.30. The molecule has 0 bridgehead atoms. The van der Waals surface area contributed by atoms with Gasteiger partial charge in [-0.1, -0.05) is 13.8 Å². The highest BCUT2D eigenvalue weighted by Gasteiger charge is 2.32. The largest absolute Gasteiger partial charge is 0.350 e. The van der Waals surface area contributed by atoms with Crippen LogP contribution in [0.5, 0.6) is 0 Å². The molecule has 1 unspecified atom stereocenters. The molecule has 1 fully saturated rings. The van der Waals surface area contributed by atoms with E-state index >= 15 is 0 Å². The lowest BCUT2D eigenvalue weighted by Crippen LogP contribution is -2.53. The molecule has 2 rings (SSSR count). The van der Waals surface area contributed by atoms with Gasteiger partial charge in [-0.2, -0.15) is 0 Å². The highest BCUT2D eigenvalue weighted by atomic mass is 35.5. The SMILES string of the molecule is Cc1ccc(C(=O)NCC2NCCCC2(C)C)c(=O)[nH]1.Cl. The van der Waals surface area contributed by atoms with Crippen LogP contribution in [-0.2, 0) is 0 Å². The monoisotopic (exact) mass is 313 g/mol. The molecule has 0 aliphatic carbocycles. The number of aromatic amines is 1. The summed E-state index contributed by atoms with van der Waals surface area (Å²) in [5.41, 5.74) is 0.745. The normalized spacial score (nSPS) is 20.4. The number of carbonyl (C=O) groups is 1. The molecule has 1 aliphatic rings. The van der Waals surface area contributed by atoms with Crippen LogP contribution in [0.3, 0.4) is 0 Å². The van der Waals surface area contributed by atoms with Crippen LogP contribution in [0.15, 0.2) is 16.9 Å². The number of rotatable bonds is 3. The van der Waals surface area contributed by atoms with Gasteiger partial charge in [0.25, 0.3) is 11.5 Å². The first-order chi connectivity index (χ1) is 9.40. The molecule has 1 aromatic heterocycles. The zero-order valence-electron chi connectivity index (χ0n) is 12.8. The molecule has 1 amide bonds. The summed E-state index contributed by atoms with van der Waals surface area (Å²) in [6.45, 7) is 7.72. The molecule has 0 spiro atoms. The van der Waals surface area contributed by atoms with Crippen molar-refractivity contribution in [3.63, 3.8) is 0 Å². The summed E-state index contributed by atoms with van der Waals surface area (Å²) >= 11 is 0. The number of piperidine rings is 1. The van der Waals surface area contributed by atoms with Crippen molar-refractivity contribution < 1.29 is 4.79 Å². The van der Waals surface area contributed by atoms with Gasteiger partial charge in [-0.25, -0.2) is 0 Å². The zero-order valence-corrected chi connectivity index (χ0v) is 13.6. The second kappa shape index (κ2) is 7.09. The molecule has 0 aromatic carbocycles. The lowest BCUT2D eigenvalue weighted by molar-refractivity contribution is 0.0927. The summed E-state index contributed by atoms with van der Waals surface area (Å²) in [6.07, 6.45) is 2.31. The number of aryl methyl sites for hydroxylation is 1. The first-order valence-electron chi connectivity index (χ1n) is 7.12. The quantitative estimate of drug-likeness (QED) is 0.794. The van der Waals surface area contributed by atoms with E-state index in [1.54, 1.807) is 19.1 Å². The van der Waals surface area contributed by atoms with E-state index in [-0.39, 0.29) is 40.9 Å². The zero-order chi connectivity index (χ0) is 14.8. The van der Waals surface area contributed by atoms with E-state index in [4.69, 9.17) is 0 Å². The standard InChI is InChI=1S/C15H23N3O2.ClH/c1-10-5-6-11(14(20)18-10)13(19)17-9-12-15(2,3)7-4-8-16-12;/h5-6,12,16H,4,7-9H2,1-3H3,(H,17,19)(H,18,20);1H. The van der Waals surface area contributed by atoms with E-state index < -0.39 is 0 Å². The smallest absolute Gasteiger partial charge is 0.260 e. The van der Waals surface area contributed by atoms with Crippen LogP contribution in [0.25, 0.3) is 0 Å². The number of nitrogens with one attached hydrogen (secondary N) is 3. The maximum atomic E-state index is 12.1. The van der Waals surface area contributed by atoms with E-state index in [2.05, 4.69) is 29.5 Å². The summed E-state index contributed by atoms with van der Waals surface area (Å²) < 4.78 is 0. The van der Waals surface area contributed by atoms with Crippen molar-refractivity contribution >= 4 is 18.3 Å². The topological polar surface area (TPSA) is 74.0 Å². The number of amides is 1. The van der Waals surface area contributed by atoms with E-state index in [1.165, 1.54) is 0 Å². The average molecular weight is 314 g/mol. The lowest BCUT2D eigenvalue weighted by Gasteiger charge is -2.39. The molecule has 0 radical (unpaired) electrons. The van der Waals surface area contributed by atoms with Crippen molar-refractivity contribution in [3.05, 3.63) is 33.7 Å². The number of halogens is 1. The molecule has 2 heterocycles. The van der Waals surface area contributed by atoms with Crippen molar-refractivity contribution in [3.8, 4) is 0 Å². The minimum Gasteiger partial charge on any atom is -0.350 e. The number of pyridine rings is 1. The molecule has 1 atom stereocenters. The summed E-state index contributed by atoms with van der Waals surface area (Å²) in [7, 11) is 0. The van der Waals surface area contributed by atoms with Gasteiger partial charge in [0.2, 0.25) is 0 Å². The molecule has 1 saturated heterocycles. The van der Waals surface area contributed by atoms with Crippen LogP contribution in [-0.4, -0.2) is 30.0 Å². The van der Waals surface area contributed by atoms with E-state index in [0.29, 0.717) is 6.54 Å². The van der Waals surface area contributed by atoms with E-state index in [1.807, 2.05) is 0 Å². The van der Waals surface area contributed by atoms with Crippen molar-refractivity contribution in [2.24, 2.45) is 5.41 Å². The highest BCUT2D eigenvalue weighted by Crippen LogP contribution is 2.29. The first-order valence-corrected chi connectivity index (χ1v) is 7.12. The number of aromatic nitrogens is 1. The fraction of sp³-hybridized carbons (Fsp3) is 0.600. The van der Waals surface area contributed by atoms with Gasteiger partial charge in [0, 0.05) is 18.3 Å². The molecule has 0 saturated carbocycles. The molecule has 6 heteroatoms. The Morgan fingerprint density at radius 3 is 2.76 bits per heavy atom. The first kappa shape index (κ1) is 17.7. The van der Waals surface area contributed by atoms with Gasteiger partial charge in [0.15, 0.2) is 0 Å². The van der Waals surface area contributed by atoms with Gasteiger partial charge < -0.3 is 15.6 Å². The average Bonchev–Trinajstić information content (AvgIpc) is 2.36. The van der Waals surface area contributed by atoms with Crippen LogP contribution in [0.2, 0.25) is 0 Å². The maximum Gasteiger partial charge on any atom is 0.260 e. The van der Waals surface area contributed by atoms with Gasteiger partial charge in [-0.05, 0) is 43.9 Å². The number of carbonyl (C=O) groups excluding carboxylic acids is 1. The molecular formula is C15H24ClN3O2. The van der Waals surface area contributed by atoms with Crippen molar-refractivity contribution in [2.45, 2.75) is 39.7 Å². The third-order valence-corrected chi connectivity index (χ3v) is 4.10. The Balaban J connectivity index is 0.00000220. The molecule has 118 valence electrons. The van der Waals surface area contributed by atoms with Crippen molar-refractivity contribution in [2.75, 3.05) is 13.1 Å². The third-order valence-electron chi connectivity index (χ3n) is 4.10. The fourth-order valence-electron chi connectivity index (χ4n) is 2.66. The summed E-state index contributed by atoms with van der Waals surface area (Å²) in [4.78, 5) is 26.4. The number of hydrogen-bond donors (Lipinski definition) is 3. The molecular weight excluding hydrogens is 290 g/mol. The van der Waals surface area contributed by atoms with Gasteiger partial charge >= 0.3 is 0 Å². The van der Waals surface area contributed by atoms with Crippen LogP contribution < -0.4 is 16.2 Å². The van der Waals surface area contributed by atoms with Crippen LogP contribution in [0, 0.1) is 12.3 Å². The minimum atomic E-state index is -0.335. The van der Waals surface area contributed by atoms with Gasteiger partial charge in [0.1, 0.15) is 5.56 Å². The molecule has 5 nitrogen and oxygen atoms in total. The van der Waals surface area contributed by atoms with Crippen LogP contribution in [0.1, 0.15) is 42.7 Å². The molecule has 3 N–H and O–H groups in total. The van der Waals surface area contributed by atoms with Crippen molar-refractivity contribution in [1.29, 1.82) is 0 Å². The Kier molecular flexibility index (Phi) is 5.98. The Morgan fingerprint density at radius 2 is 2.14 bits per heavy atom. The Bertz CT molecular complexity index is 554. The minimum absolute atomic E-state index is 0. The second-order valence-electron chi connectivity index (χ2n) is 6.19. The summed E-state index contributed by atoms with van der Waals surface area (Å²) in [5.74, 6) is -0.311. The van der Waals surface area contributed by atoms with E-state index in [0.717, 1.165) is 25.1 Å². The van der Waals surface area contributed by atoms with Crippen LogP contribution >= 0.6 is 12.4 Å². The van der Waals surface area contributed by atoms with Gasteiger partial charge in [-0.3, -0.25) is 9.59 Å². The Labute approximate surface area is 131 Å². The molecule has 1 aromatic rings. The molecule has 21 heavy (non-hydrogen) atoms. The van der Waals surface area contributed by atoms with Crippen molar-refractivity contribution in [1.82, 2.24) is 15.6 Å². The maximum absolute atomic E-state index is 12.1. The van der Waals surface area contributed by atoms with Gasteiger partial charge in [0.05, 0.1) is 0 Å². The predicted molar refractivity (Wildman–Crippen MR) is 86.2 cm³/mol. The number of H-pyrrole nitrogens is 1. The highest BCUT2D eigenvalue weighted by molar-refractivity contribution is 5.93. The van der Waals surface area contributed by atoms with Gasteiger partial charge in [-0.15, -0.1) is 12.4 Å². The predicted octanol–water partition coefficient (Wildman–Crippen LogP) is 1.61. The lowest BCUT2D eigenvalue weighted by atomic mass is 9.77. The fourth-order valence-corrected chi connectivity index (χ4v) is 2.66. The van der Waals surface area contributed by atoms with Crippen LogP contribution in [0.4, 0.5) is 0 Å². The molecule has 1 aliphatic heterocycles. The Hall–Kier alpha value is -1.33. The Morgan fingerprint density at radius 1 is 1.43 bits per heavy atom.